The average molecular weight is 377 g/mol. The van der Waals surface area contributed by atoms with Crippen LogP contribution in [0.1, 0.15) is 31.2 Å². The molecule has 0 aliphatic carbocycles. The molecule has 2 atom stereocenters. The Bertz CT molecular complexity index is 617. The second kappa shape index (κ2) is 11.2. The van der Waals surface area contributed by atoms with Gasteiger partial charge in [-0.15, -0.1) is 0 Å². The second-order valence-electron chi connectivity index (χ2n) is 6.36. The van der Waals surface area contributed by atoms with Gasteiger partial charge in [0.2, 0.25) is 5.91 Å². The molecule has 1 aliphatic heterocycles. The van der Waals surface area contributed by atoms with E-state index in [1.165, 1.54) is 7.11 Å². The van der Waals surface area contributed by atoms with Gasteiger partial charge in [0.25, 0.3) is 0 Å². The molecule has 3 N–H and O–H groups in total. The molecule has 2 amide bonds. The fourth-order valence-electron chi connectivity index (χ4n) is 2.84. The van der Waals surface area contributed by atoms with Gasteiger partial charge in [-0.2, -0.15) is 0 Å². The molecule has 8 nitrogen and oxygen atoms in total. The number of methoxy groups -OCH3 is 1. The highest BCUT2D eigenvalue weighted by Gasteiger charge is 2.27. The van der Waals surface area contributed by atoms with Crippen molar-refractivity contribution in [1.29, 1.82) is 0 Å². The molecule has 2 rings (SSSR count). The molecule has 1 heterocycles. The van der Waals surface area contributed by atoms with Gasteiger partial charge in [0.15, 0.2) is 0 Å². The number of hydrogen-bond donors (Lipinski definition) is 3. The zero-order chi connectivity index (χ0) is 19.5. The van der Waals surface area contributed by atoms with Crippen LogP contribution in [0, 0.1) is 0 Å². The van der Waals surface area contributed by atoms with E-state index in [0.717, 1.165) is 24.9 Å². The lowest BCUT2D eigenvalue weighted by Crippen LogP contribution is -2.48. The van der Waals surface area contributed by atoms with Crippen molar-refractivity contribution in [1.82, 2.24) is 16.0 Å². The minimum Gasteiger partial charge on any atom is -0.467 e. The van der Waals surface area contributed by atoms with Crippen molar-refractivity contribution in [3.05, 3.63) is 35.9 Å². The third kappa shape index (κ3) is 7.26. The monoisotopic (exact) mass is 377 g/mol. The molecule has 0 aromatic heterocycles. The molecule has 0 spiro atoms. The Morgan fingerprint density at radius 1 is 1.26 bits per heavy atom. The van der Waals surface area contributed by atoms with Gasteiger partial charge in [0.1, 0.15) is 12.6 Å². The predicted octanol–water partition coefficient (Wildman–Crippen LogP) is 1.10. The van der Waals surface area contributed by atoms with Crippen LogP contribution >= 0.6 is 0 Å². The number of hydrogen-bond acceptors (Lipinski definition) is 6. The summed E-state index contributed by atoms with van der Waals surface area (Å²) in [5.41, 5.74) is 0.904. The Morgan fingerprint density at radius 2 is 2.04 bits per heavy atom. The van der Waals surface area contributed by atoms with E-state index in [0.29, 0.717) is 19.4 Å². The van der Waals surface area contributed by atoms with E-state index in [9.17, 15) is 14.4 Å². The third-order valence-electron chi connectivity index (χ3n) is 4.33. The Kier molecular flexibility index (Phi) is 8.57. The number of amides is 2. The third-order valence-corrected chi connectivity index (χ3v) is 4.33. The molecular weight excluding hydrogens is 350 g/mol. The van der Waals surface area contributed by atoms with E-state index >= 15 is 0 Å². The van der Waals surface area contributed by atoms with Gasteiger partial charge < -0.3 is 25.4 Å². The highest BCUT2D eigenvalue weighted by atomic mass is 16.5. The van der Waals surface area contributed by atoms with Crippen molar-refractivity contribution in [2.75, 3.05) is 20.2 Å². The van der Waals surface area contributed by atoms with Crippen LogP contribution in [0.5, 0.6) is 0 Å². The Labute approximate surface area is 159 Å². The van der Waals surface area contributed by atoms with Gasteiger partial charge in [-0.1, -0.05) is 30.3 Å². The zero-order valence-corrected chi connectivity index (χ0v) is 15.5. The van der Waals surface area contributed by atoms with Gasteiger partial charge in [-0.05, 0) is 37.8 Å². The number of alkyl carbamates (subject to hydrolysis) is 1. The maximum absolute atomic E-state index is 12.2. The molecule has 1 aromatic rings. The normalized spacial score (nSPS) is 17.0. The molecule has 8 heteroatoms. The maximum Gasteiger partial charge on any atom is 0.407 e. The summed E-state index contributed by atoms with van der Waals surface area (Å²) in [6.45, 7) is 1.33. The van der Waals surface area contributed by atoms with E-state index < -0.39 is 18.1 Å². The number of rotatable bonds is 9. The van der Waals surface area contributed by atoms with Crippen LogP contribution in [-0.4, -0.2) is 50.3 Å². The molecule has 1 aliphatic rings. The van der Waals surface area contributed by atoms with E-state index in [-0.39, 0.29) is 18.6 Å². The number of ether oxygens (including phenoxy) is 2. The van der Waals surface area contributed by atoms with Crippen molar-refractivity contribution in [2.45, 2.75) is 44.4 Å². The van der Waals surface area contributed by atoms with Crippen LogP contribution in [0.25, 0.3) is 0 Å². The van der Waals surface area contributed by atoms with Gasteiger partial charge >= 0.3 is 12.1 Å². The van der Waals surface area contributed by atoms with Gasteiger partial charge in [-0.3, -0.25) is 4.79 Å². The van der Waals surface area contributed by atoms with Crippen LogP contribution in [0.4, 0.5) is 4.79 Å². The lowest BCUT2D eigenvalue weighted by molar-refractivity contribution is -0.145. The van der Waals surface area contributed by atoms with Crippen LogP contribution in [0.15, 0.2) is 30.3 Å². The number of benzene rings is 1. The summed E-state index contributed by atoms with van der Waals surface area (Å²) in [6.07, 6.45) is 2.04. The first kappa shape index (κ1) is 20.7. The molecule has 0 unspecified atom stereocenters. The molecule has 1 saturated heterocycles. The molecule has 0 saturated carbocycles. The highest BCUT2D eigenvalue weighted by Crippen LogP contribution is 2.07. The van der Waals surface area contributed by atoms with Crippen molar-refractivity contribution >= 4 is 18.0 Å². The quantitative estimate of drug-likeness (QED) is 0.440. The molecule has 1 aromatic carbocycles. The first-order valence-electron chi connectivity index (χ1n) is 9.16. The average Bonchev–Trinajstić information content (AvgIpc) is 3.23. The van der Waals surface area contributed by atoms with Gasteiger partial charge in [0.05, 0.1) is 13.2 Å². The van der Waals surface area contributed by atoms with E-state index in [1.54, 1.807) is 0 Å². The summed E-state index contributed by atoms with van der Waals surface area (Å²) < 4.78 is 9.87. The van der Waals surface area contributed by atoms with Crippen molar-refractivity contribution in [2.24, 2.45) is 0 Å². The summed E-state index contributed by atoms with van der Waals surface area (Å²) in [5, 5.41) is 8.45. The van der Waals surface area contributed by atoms with Crippen LogP contribution in [0.2, 0.25) is 0 Å². The number of carbonyl (C=O) groups is 3. The molecule has 0 bridgehead atoms. The predicted molar refractivity (Wildman–Crippen MR) is 98.8 cm³/mol. The van der Waals surface area contributed by atoms with E-state index in [2.05, 4.69) is 16.0 Å². The smallest absolute Gasteiger partial charge is 0.407 e. The zero-order valence-electron chi connectivity index (χ0n) is 15.5. The summed E-state index contributed by atoms with van der Waals surface area (Å²) >= 11 is 0. The topological polar surface area (TPSA) is 106 Å². The van der Waals surface area contributed by atoms with Gasteiger partial charge in [-0.25, -0.2) is 9.59 Å². The van der Waals surface area contributed by atoms with E-state index in [4.69, 9.17) is 9.47 Å². The summed E-state index contributed by atoms with van der Waals surface area (Å²) in [5.74, 6) is -0.689. The van der Waals surface area contributed by atoms with Crippen molar-refractivity contribution in [3.8, 4) is 0 Å². The number of nitrogens with one attached hydrogen (secondary N) is 3. The maximum atomic E-state index is 12.2. The largest absolute Gasteiger partial charge is 0.467 e. The van der Waals surface area contributed by atoms with Gasteiger partial charge in [0, 0.05) is 6.54 Å². The first-order chi connectivity index (χ1) is 13.1. The van der Waals surface area contributed by atoms with E-state index in [1.807, 2.05) is 30.3 Å². The number of esters is 1. The van der Waals surface area contributed by atoms with Crippen LogP contribution in [-0.2, 0) is 25.7 Å². The Morgan fingerprint density at radius 3 is 2.70 bits per heavy atom. The minimum atomic E-state index is -0.730. The first-order valence-corrected chi connectivity index (χ1v) is 9.16. The molecule has 27 heavy (non-hydrogen) atoms. The standard InChI is InChI=1S/C19H27N3O5/c1-26-18(24)16(22-17(23)15-9-5-11-20-15)10-6-12-21-19(25)27-13-14-7-3-2-4-8-14/h2-4,7-8,15-16,20H,5-6,9-13H2,1H3,(H,21,25)(H,22,23)/t15-,16-/m0/s1. The van der Waals surface area contributed by atoms with Crippen molar-refractivity contribution < 1.29 is 23.9 Å². The van der Waals surface area contributed by atoms with Crippen LogP contribution in [0.3, 0.4) is 0 Å². The lowest BCUT2D eigenvalue weighted by atomic mass is 10.1. The Balaban J connectivity index is 1.67. The fourth-order valence-corrected chi connectivity index (χ4v) is 2.84. The Hall–Kier alpha value is -2.61. The SMILES string of the molecule is COC(=O)[C@H](CCCNC(=O)OCc1ccccc1)NC(=O)[C@@H]1CCCN1. The second-order valence-corrected chi connectivity index (χ2v) is 6.36. The molecular formula is C19H27N3O5. The minimum absolute atomic E-state index is 0.196. The summed E-state index contributed by atoms with van der Waals surface area (Å²) in [7, 11) is 1.29. The highest BCUT2D eigenvalue weighted by molar-refractivity contribution is 5.87. The van der Waals surface area contributed by atoms with Crippen LogP contribution < -0.4 is 16.0 Å². The molecule has 148 valence electrons. The lowest BCUT2D eigenvalue weighted by Gasteiger charge is -2.19. The van der Waals surface area contributed by atoms with Crippen molar-refractivity contribution in [3.63, 3.8) is 0 Å². The molecule has 1 fully saturated rings. The number of carbonyl (C=O) groups excluding carboxylic acids is 3. The molecule has 0 radical (unpaired) electrons. The fraction of sp³-hybridized carbons (Fsp3) is 0.526. The summed E-state index contributed by atoms with van der Waals surface area (Å²) in [4.78, 5) is 35.7. The summed E-state index contributed by atoms with van der Waals surface area (Å²) in [6, 6.07) is 8.39.